The first-order valence-corrected chi connectivity index (χ1v) is 5.88. The van der Waals surface area contributed by atoms with Gasteiger partial charge in [-0.05, 0) is 32.2 Å². The average molecular weight is 241 g/mol. The molecule has 0 aliphatic heterocycles. The number of hydrogen-bond acceptors (Lipinski definition) is 3. The number of hydrogen-bond donors (Lipinski definition) is 1. The molecule has 0 saturated heterocycles. The lowest BCUT2D eigenvalue weighted by molar-refractivity contribution is -0.147. The number of carboxylic acids is 1. The highest BCUT2D eigenvalue weighted by Crippen LogP contribution is 2.20. The molecule has 1 aromatic rings. The maximum absolute atomic E-state index is 12.1. The number of amides is 1. The van der Waals surface area contributed by atoms with E-state index in [1.165, 1.54) is 30.1 Å². The molecule has 1 rings (SSSR count). The summed E-state index contributed by atoms with van der Waals surface area (Å²) in [4.78, 5) is 25.1. The maximum atomic E-state index is 12.1. The van der Waals surface area contributed by atoms with Crippen molar-refractivity contribution in [1.29, 1.82) is 0 Å². The van der Waals surface area contributed by atoms with Crippen molar-refractivity contribution in [1.82, 2.24) is 4.90 Å². The average Bonchev–Trinajstić information content (AvgIpc) is 2.70. The van der Waals surface area contributed by atoms with Gasteiger partial charge in [-0.2, -0.15) is 0 Å². The first-order chi connectivity index (χ1) is 7.41. The first kappa shape index (κ1) is 12.7. The summed E-state index contributed by atoms with van der Waals surface area (Å²) in [5.41, 5.74) is -1.18. The minimum absolute atomic E-state index is 0.232. The van der Waals surface area contributed by atoms with Gasteiger partial charge in [-0.15, -0.1) is 11.3 Å². The van der Waals surface area contributed by atoms with Gasteiger partial charge in [0.1, 0.15) is 5.54 Å². The number of thiophene rings is 1. The molecule has 0 spiro atoms. The maximum Gasteiger partial charge on any atom is 0.329 e. The quantitative estimate of drug-likeness (QED) is 0.878. The highest BCUT2D eigenvalue weighted by atomic mass is 32.1. The summed E-state index contributed by atoms with van der Waals surface area (Å²) < 4.78 is 0. The van der Waals surface area contributed by atoms with Crippen LogP contribution >= 0.6 is 11.3 Å². The third-order valence-corrected chi connectivity index (χ3v) is 3.35. The summed E-state index contributed by atoms with van der Waals surface area (Å²) >= 11 is 1.32. The number of carbonyl (C=O) groups is 2. The molecule has 0 saturated carbocycles. The predicted molar refractivity (Wildman–Crippen MR) is 62.7 cm³/mol. The van der Waals surface area contributed by atoms with Crippen molar-refractivity contribution in [3.05, 3.63) is 22.4 Å². The van der Waals surface area contributed by atoms with Crippen LogP contribution in [0.5, 0.6) is 0 Å². The number of carboxylic acid groups (broad SMARTS) is 1. The Bertz CT molecular complexity index is 384. The van der Waals surface area contributed by atoms with Gasteiger partial charge < -0.3 is 10.0 Å². The van der Waals surface area contributed by atoms with Crippen LogP contribution < -0.4 is 0 Å². The number of rotatable bonds is 4. The van der Waals surface area contributed by atoms with Gasteiger partial charge in [-0.3, -0.25) is 4.79 Å². The highest BCUT2D eigenvalue weighted by Gasteiger charge is 2.37. The summed E-state index contributed by atoms with van der Waals surface area (Å²) in [5, 5.41) is 10.9. The first-order valence-electron chi connectivity index (χ1n) is 5.00. The Morgan fingerprint density at radius 3 is 2.50 bits per heavy atom. The van der Waals surface area contributed by atoms with E-state index < -0.39 is 11.5 Å². The Kier molecular flexibility index (Phi) is 3.70. The van der Waals surface area contributed by atoms with Crippen LogP contribution in [0.4, 0.5) is 0 Å². The third-order valence-electron chi connectivity index (χ3n) is 2.49. The lowest BCUT2D eigenvalue weighted by Crippen LogP contribution is -2.52. The SMILES string of the molecule is CCN(C(=O)c1cccs1)C(C)(C)C(=O)O. The van der Waals surface area contributed by atoms with Crippen molar-refractivity contribution in [2.75, 3.05) is 6.54 Å². The van der Waals surface area contributed by atoms with E-state index >= 15 is 0 Å². The van der Waals surface area contributed by atoms with Crippen molar-refractivity contribution >= 4 is 23.2 Å². The van der Waals surface area contributed by atoms with Crippen molar-refractivity contribution in [3.8, 4) is 0 Å². The number of nitrogens with zero attached hydrogens (tertiary/aromatic N) is 1. The Hall–Kier alpha value is -1.36. The van der Waals surface area contributed by atoms with E-state index in [1.807, 2.05) is 0 Å². The van der Waals surface area contributed by atoms with Crippen molar-refractivity contribution in [3.63, 3.8) is 0 Å². The lowest BCUT2D eigenvalue weighted by Gasteiger charge is -2.33. The van der Waals surface area contributed by atoms with Gasteiger partial charge >= 0.3 is 5.97 Å². The lowest BCUT2D eigenvalue weighted by atomic mass is 10.0. The Morgan fingerprint density at radius 1 is 1.50 bits per heavy atom. The zero-order valence-corrected chi connectivity index (χ0v) is 10.4. The highest BCUT2D eigenvalue weighted by molar-refractivity contribution is 7.12. The fraction of sp³-hybridized carbons (Fsp3) is 0.455. The van der Waals surface area contributed by atoms with Crippen LogP contribution in [0.1, 0.15) is 30.4 Å². The summed E-state index contributed by atoms with van der Waals surface area (Å²) in [6.45, 7) is 5.21. The van der Waals surface area contributed by atoms with Gasteiger partial charge in [-0.25, -0.2) is 4.79 Å². The zero-order valence-electron chi connectivity index (χ0n) is 9.56. The van der Waals surface area contributed by atoms with E-state index in [4.69, 9.17) is 5.11 Å². The van der Waals surface area contributed by atoms with E-state index in [0.29, 0.717) is 11.4 Å². The molecule has 0 unspecified atom stereocenters. The van der Waals surface area contributed by atoms with Crippen LogP contribution in [0, 0.1) is 0 Å². The minimum Gasteiger partial charge on any atom is -0.480 e. The molecule has 0 aliphatic rings. The fourth-order valence-electron chi connectivity index (χ4n) is 1.44. The molecule has 0 aliphatic carbocycles. The fourth-order valence-corrected chi connectivity index (χ4v) is 2.11. The standard InChI is InChI=1S/C11H15NO3S/c1-4-12(11(2,3)10(14)15)9(13)8-6-5-7-16-8/h5-7H,4H2,1-3H3,(H,14,15). The molecule has 0 radical (unpaired) electrons. The van der Waals surface area contributed by atoms with E-state index in [-0.39, 0.29) is 5.91 Å². The number of aliphatic carboxylic acids is 1. The number of likely N-dealkylation sites (N-methyl/N-ethyl adjacent to an activating group) is 1. The monoisotopic (exact) mass is 241 g/mol. The summed E-state index contributed by atoms with van der Waals surface area (Å²) in [7, 11) is 0. The summed E-state index contributed by atoms with van der Waals surface area (Å²) in [6, 6.07) is 3.48. The molecule has 4 nitrogen and oxygen atoms in total. The van der Waals surface area contributed by atoms with Crippen LogP contribution in [0.2, 0.25) is 0 Å². The second-order valence-electron chi connectivity index (χ2n) is 3.89. The van der Waals surface area contributed by atoms with Crippen LogP contribution in [-0.4, -0.2) is 34.0 Å². The van der Waals surface area contributed by atoms with E-state index in [0.717, 1.165) is 0 Å². The van der Waals surface area contributed by atoms with Crippen LogP contribution in [0.15, 0.2) is 17.5 Å². The normalized spacial score (nSPS) is 11.2. The van der Waals surface area contributed by atoms with Crippen LogP contribution in [0.25, 0.3) is 0 Å². The minimum atomic E-state index is -1.18. The molecule has 0 atom stereocenters. The molecule has 0 bridgehead atoms. The molecular weight excluding hydrogens is 226 g/mol. The van der Waals surface area contributed by atoms with Crippen molar-refractivity contribution in [2.24, 2.45) is 0 Å². The molecule has 1 N–H and O–H groups in total. The van der Waals surface area contributed by atoms with Gasteiger partial charge in [0.25, 0.3) is 5.91 Å². The molecule has 1 heterocycles. The van der Waals surface area contributed by atoms with E-state index in [1.54, 1.807) is 24.4 Å². The zero-order chi connectivity index (χ0) is 12.3. The summed E-state index contributed by atoms with van der Waals surface area (Å²) in [6.07, 6.45) is 0. The molecule has 16 heavy (non-hydrogen) atoms. The molecule has 0 aromatic carbocycles. The smallest absolute Gasteiger partial charge is 0.329 e. The van der Waals surface area contributed by atoms with Gasteiger partial charge in [0.15, 0.2) is 0 Å². The molecule has 5 heteroatoms. The summed E-state index contributed by atoms with van der Waals surface area (Å²) in [5.74, 6) is -1.23. The molecule has 1 amide bonds. The van der Waals surface area contributed by atoms with E-state index in [9.17, 15) is 9.59 Å². The Balaban J connectivity index is 3.00. The Morgan fingerprint density at radius 2 is 2.12 bits per heavy atom. The molecule has 0 fully saturated rings. The second-order valence-corrected chi connectivity index (χ2v) is 4.84. The van der Waals surface area contributed by atoms with Crippen molar-refractivity contribution in [2.45, 2.75) is 26.3 Å². The van der Waals surface area contributed by atoms with Crippen molar-refractivity contribution < 1.29 is 14.7 Å². The second kappa shape index (κ2) is 4.65. The Labute approximate surface area is 98.5 Å². The van der Waals surface area contributed by atoms with E-state index in [2.05, 4.69) is 0 Å². The van der Waals surface area contributed by atoms with Crippen LogP contribution in [-0.2, 0) is 4.79 Å². The molecule has 88 valence electrons. The molecular formula is C11H15NO3S. The van der Waals surface area contributed by atoms with Gasteiger partial charge in [0.05, 0.1) is 4.88 Å². The molecule has 1 aromatic heterocycles. The van der Waals surface area contributed by atoms with Gasteiger partial charge in [-0.1, -0.05) is 6.07 Å². The largest absolute Gasteiger partial charge is 0.480 e. The van der Waals surface area contributed by atoms with Crippen LogP contribution in [0.3, 0.4) is 0 Å². The predicted octanol–water partition coefficient (Wildman–Crippen LogP) is 2.07. The number of carbonyl (C=O) groups excluding carboxylic acids is 1. The van der Waals surface area contributed by atoms with Gasteiger partial charge in [0.2, 0.25) is 0 Å². The third kappa shape index (κ3) is 2.24. The topological polar surface area (TPSA) is 57.6 Å². The van der Waals surface area contributed by atoms with Gasteiger partial charge in [0, 0.05) is 6.54 Å².